The number of aryl methyl sites for hydroxylation is 1. The Kier molecular flexibility index (Phi) is 5.36. The third-order valence-corrected chi connectivity index (χ3v) is 2.75. The molecule has 0 saturated carbocycles. The quantitative estimate of drug-likeness (QED) is 0.760. The van der Waals surface area contributed by atoms with Crippen molar-refractivity contribution in [1.82, 2.24) is 10.6 Å². The van der Waals surface area contributed by atoms with E-state index < -0.39 is 18.0 Å². The van der Waals surface area contributed by atoms with Crippen LogP contribution in [0.25, 0.3) is 0 Å². The van der Waals surface area contributed by atoms with Gasteiger partial charge in [-0.3, -0.25) is 0 Å². The number of amides is 2. The Balaban J connectivity index is 2.49. The lowest BCUT2D eigenvalue weighted by atomic mass is 10.1. The number of nitrogens with one attached hydrogen (secondary N) is 2. The van der Waals surface area contributed by atoms with Crippen LogP contribution in [0.15, 0.2) is 24.3 Å². The molecule has 0 fully saturated rings. The summed E-state index contributed by atoms with van der Waals surface area (Å²) in [6, 6.07) is 6.42. The normalized spacial score (nSPS) is 12.0. The number of carbonyl (C=O) groups excluding carboxylic acids is 1. The van der Waals surface area contributed by atoms with Crippen LogP contribution in [0.5, 0.6) is 0 Å². The number of hydrogen-bond donors (Lipinski definition) is 3. The van der Waals surface area contributed by atoms with Crippen LogP contribution in [-0.4, -0.2) is 23.1 Å². The molecule has 0 aliphatic heterocycles. The van der Waals surface area contributed by atoms with Gasteiger partial charge in [0.15, 0.2) is 0 Å². The highest BCUT2D eigenvalue weighted by molar-refractivity contribution is 5.82. The predicted octanol–water partition coefficient (Wildman–Crippen LogP) is 1.90. The number of benzene rings is 1. The molecule has 104 valence electrons. The lowest BCUT2D eigenvalue weighted by Crippen LogP contribution is -2.48. The van der Waals surface area contributed by atoms with Crippen LogP contribution < -0.4 is 10.6 Å². The summed E-state index contributed by atoms with van der Waals surface area (Å²) >= 11 is 0. The van der Waals surface area contributed by atoms with Gasteiger partial charge in [-0.1, -0.05) is 43.7 Å². The van der Waals surface area contributed by atoms with Crippen molar-refractivity contribution < 1.29 is 14.7 Å². The van der Waals surface area contributed by atoms with Gasteiger partial charge in [0, 0.05) is 6.54 Å². The minimum atomic E-state index is -1.03. The summed E-state index contributed by atoms with van der Waals surface area (Å²) in [5.74, 6) is -1.19. The van der Waals surface area contributed by atoms with Crippen LogP contribution in [0.3, 0.4) is 0 Å². The Hall–Kier alpha value is -2.04. The summed E-state index contributed by atoms with van der Waals surface area (Å²) in [4.78, 5) is 22.6. The van der Waals surface area contributed by atoms with E-state index in [1.807, 2.05) is 31.2 Å². The average Bonchev–Trinajstić information content (AvgIpc) is 2.32. The van der Waals surface area contributed by atoms with Crippen molar-refractivity contribution in [3.8, 4) is 0 Å². The van der Waals surface area contributed by atoms with Crippen molar-refractivity contribution in [1.29, 1.82) is 0 Å². The van der Waals surface area contributed by atoms with Crippen LogP contribution in [0, 0.1) is 12.8 Å². The molecular formula is C14H20N2O3. The average molecular weight is 264 g/mol. The van der Waals surface area contributed by atoms with Crippen LogP contribution in [-0.2, 0) is 11.3 Å². The molecule has 0 aliphatic rings. The van der Waals surface area contributed by atoms with Crippen molar-refractivity contribution in [2.24, 2.45) is 5.92 Å². The van der Waals surface area contributed by atoms with Gasteiger partial charge in [0.05, 0.1) is 0 Å². The van der Waals surface area contributed by atoms with Gasteiger partial charge in [-0.25, -0.2) is 9.59 Å². The second kappa shape index (κ2) is 6.78. The fourth-order valence-electron chi connectivity index (χ4n) is 1.71. The van der Waals surface area contributed by atoms with Gasteiger partial charge in [-0.15, -0.1) is 0 Å². The molecule has 19 heavy (non-hydrogen) atoms. The molecule has 1 rings (SSSR count). The highest BCUT2D eigenvalue weighted by Gasteiger charge is 2.23. The second-order valence-electron chi connectivity index (χ2n) is 4.88. The van der Waals surface area contributed by atoms with Crippen molar-refractivity contribution in [3.05, 3.63) is 35.4 Å². The molecule has 0 aliphatic carbocycles. The molecule has 0 bridgehead atoms. The number of aliphatic carboxylic acids is 1. The SMILES string of the molecule is Cc1cccc(CNC(=O)N[C@H](C(=O)O)C(C)C)c1. The zero-order valence-corrected chi connectivity index (χ0v) is 11.4. The summed E-state index contributed by atoms with van der Waals surface area (Å²) in [7, 11) is 0. The maximum atomic E-state index is 11.6. The van der Waals surface area contributed by atoms with Gasteiger partial charge in [-0.05, 0) is 18.4 Å². The van der Waals surface area contributed by atoms with Crippen LogP contribution in [0.2, 0.25) is 0 Å². The molecule has 5 heteroatoms. The molecular weight excluding hydrogens is 244 g/mol. The third-order valence-electron chi connectivity index (χ3n) is 2.75. The van der Waals surface area contributed by atoms with Crippen LogP contribution >= 0.6 is 0 Å². The predicted molar refractivity (Wildman–Crippen MR) is 72.8 cm³/mol. The maximum Gasteiger partial charge on any atom is 0.326 e. The van der Waals surface area contributed by atoms with Crippen molar-refractivity contribution in [2.45, 2.75) is 33.4 Å². The van der Waals surface area contributed by atoms with Crippen molar-refractivity contribution >= 4 is 12.0 Å². The molecule has 1 atom stereocenters. The smallest absolute Gasteiger partial charge is 0.326 e. The number of carbonyl (C=O) groups is 2. The summed E-state index contributed by atoms with van der Waals surface area (Å²) in [6.07, 6.45) is 0. The highest BCUT2D eigenvalue weighted by atomic mass is 16.4. The number of hydrogen-bond acceptors (Lipinski definition) is 2. The number of carboxylic acid groups (broad SMARTS) is 1. The number of carboxylic acids is 1. The first-order valence-corrected chi connectivity index (χ1v) is 6.23. The van der Waals surface area contributed by atoms with Gasteiger partial charge in [0.2, 0.25) is 0 Å². The van der Waals surface area contributed by atoms with E-state index in [9.17, 15) is 9.59 Å². The second-order valence-corrected chi connectivity index (χ2v) is 4.88. The zero-order valence-electron chi connectivity index (χ0n) is 11.4. The van der Waals surface area contributed by atoms with Gasteiger partial charge in [0.25, 0.3) is 0 Å². The Morgan fingerprint density at radius 2 is 2.00 bits per heavy atom. The molecule has 5 nitrogen and oxygen atoms in total. The Morgan fingerprint density at radius 1 is 1.32 bits per heavy atom. The molecule has 2 amide bonds. The van der Waals surface area contributed by atoms with E-state index in [0.717, 1.165) is 11.1 Å². The van der Waals surface area contributed by atoms with Gasteiger partial charge in [0.1, 0.15) is 6.04 Å². The first kappa shape index (κ1) is 15.0. The highest BCUT2D eigenvalue weighted by Crippen LogP contribution is 2.04. The molecule has 0 unspecified atom stereocenters. The van der Waals surface area contributed by atoms with E-state index in [2.05, 4.69) is 10.6 Å². The molecule has 0 radical (unpaired) electrons. The van der Waals surface area contributed by atoms with Crippen molar-refractivity contribution in [2.75, 3.05) is 0 Å². The van der Waals surface area contributed by atoms with Gasteiger partial charge < -0.3 is 15.7 Å². The lowest BCUT2D eigenvalue weighted by Gasteiger charge is -2.18. The third kappa shape index (κ3) is 4.99. The molecule has 1 aromatic carbocycles. The Bertz CT molecular complexity index is 458. The standard InChI is InChI=1S/C14H20N2O3/c1-9(2)12(13(17)18)16-14(19)15-8-11-6-4-5-10(3)7-11/h4-7,9,12H,8H2,1-3H3,(H,17,18)(H2,15,16,19)/t12-/m0/s1. The topological polar surface area (TPSA) is 78.4 Å². The van der Waals surface area contributed by atoms with E-state index in [1.54, 1.807) is 13.8 Å². The van der Waals surface area contributed by atoms with Gasteiger partial charge >= 0.3 is 12.0 Å². The molecule has 0 heterocycles. The van der Waals surface area contributed by atoms with E-state index >= 15 is 0 Å². The number of rotatable bonds is 5. The Morgan fingerprint density at radius 3 is 2.53 bits per heavy atom. The molecule has 0 aromatic heterocycles. The minimum Gasteiger partial charge on any atom is -0.480 e. The van der Waals surface area contributed by atoms with E-state index in [-0.39, 0.29) is 5.92 Å². The summed E-state index contributed by atoms with van der Waals surface area (Å²) in [5.41, 5.74) is 2.09. The van der Waals surface area contributed by atoms with Crippen molar-refractivity contribution in [3.63, 3.8) is 0 Å². The molecule has 0 spiro atoms. The molecule has 3 N–H and O–H groups in total. The molecule has 0 saturated heterocycles. The number of urea groups is 1. The monoisotopic (exact) mass is 264 g/mol. The first-order chi connectivity index (χ1) is 8.90. The summed E-state index contributed by atoms with van der Waals surface area (Å²) in [5, 5.41) is 14.1. The zero-order chi connectivity index (χ0) is 14.4. The largest absolute Gasteiger partial charge is 0.480 e. The van der Waals surface area contributed by atoms with Crippen LogP contribution in [0.4, 0.5) is 4.79 Å². The Labute approximate surface area is 113 Å². The fraction of sp³-hybridized carbons (Fsp3) is 0.429. The van der Waals surface area contributed by atoms with E-state index in [0.29, 0.717) is 6.54 Å². The van der Waals surface area contributed by atoms with Crippen LogP contribution in [0.1, 0.15) is 25.0 Å². The van der Waals surface area contributed by atoms with Gasteiger partial charge in [-0.2, -0.15) is 0 Å². The molecule has 1 aromatic rings. The summed E-state index contributed by atoms with van der Waals surface area (Å²) < 4.78 is 0. The fourth-order valence-corrected chi connectivity index (χ4v) is 1.71. The maximum absolute atomic E-state index is 11.6. The summed E-state index contributed by atoms with van der Waals surface area (Å²) in [6.45, 7) is 5.85. The minimum absolute atomic E-state index is 0.165. The van der Waals surface area contributed by atoms with E-state index in [1.165, 1.54) is 0 Å². The van der Waals surface area contributed by atoms with E-state index in [4.69, 9.17) is 5.11 Å². The lowest BCUT2D eigenvalue weighted by molar-refractivity contribution is -0.140. The first-order valence-electron chi connectivity index (χ1n) is 6.23.